The molecular weight excluding hydrogens is 327 g/mol. The number of carbonyl (C=O) groups excluding carboxylic acids is 3. The molecule has 0 atom stereocenters. The molecule has 0 saturated carbocycles. The Hall–Kier alpha value is -1.67. The molecule has 0 amide bonds. The van der Waals surface area contributed by atoms with Crippen LogP contribution in [-0.4, -0.2) is 78.1 Å². The van der Waals surface area contributed by atoms with Crippen molar-refractivity contribution in [3.8, 4) is 0 Å². The molecule has 1 N–H and O–H groups in total. The van der Waals surface area contributed by atoms with Crippen molar-refractivity contribution in [1.82, 2.24) is 9.80 Å². The molecule has 0 spiro atoms. The normalized spacial score (nSPS) is 10.2. The van der Waals surface area contributed by atoms with Gasteiger partial charge in [-0.05, 0) is 0 Å². The number of carboxylic acid groups (broad SMARTS) is 4. The predicted molar refractivity (Wildman–Crippen MR) is 55.5 cm³/mol. The average molecular weight is 340 g/mol. The second kappa shape index (κ2) is 11.0. The van der Waals surface area contributed by atoms with E-state index in [0.717, 1.165) is 9.80 Å². The van der Waals surface area contributed by atoms with Gasteiger partial charge in [-0.1, -0.05) is 0 Å². The number of nitrogens with zero attached hydrogens (tertiary/aromatic N) is 2. The summed E-state index contributed by atoms with van der Waals surface area (Å²) in [4.78, 5) is 43.7. The van der Waals surface area contributed by atoms with E-state index in [9.17, 15) is 34.5 Å². The van der Waals surface area contributed by atoms with Gasteiger partial charge in [0.05, 0.1) is 24.5 Å². The Morgan fingerprint density at radius 3 is 1.24 bits per heavy atom. The van der Waals surface area contributed by atoms with E-state index < -0.39 is 50.1 Å². The van der Waals surface area contributed by atoms with E-state index in [-0.39, 0.29) is 30.5 Å². The van der Waals surface area contributed by atoms with Crippen LogP contribution in [0.4, 0.5) is 0 Å². The Bertz CT molecular complexity index is 321. The summed E-state index contributed by atoms with van der Waals surface area (Å²) in [7, 11) is 0. The van der Waals surface area contributed by atoms with Crippen LogP contribution >= 0.6 is 0 Å². The Kier molecular flexibility index (Phi) is 11.4. The minimum absolute atomic E-state index is 0. The van der Waals surface area contributed by atoms with E-state index in [1.165, 1.54) is 0 Å². The molecule has 0 bridgehead atoms. The Morgan fingerprint density at radius 2 is 1.00 bits per heavy atom. The third kappa shape index (κ3) is 13.1. The smallest absolute Gasteiger partial charge is 0.549 e. The van der Waals surface area contributed by atoms with Gasteiger partial charge in [0.25, 0.3) is 0 Å². The Balaban J connectivity index is 0. The molecule has 1 radical (unpaired) electrons. The van der Waals surface area contributed by atoms with Crippen LogP contribution < -0.4 is 15.3 Å². The van der Waals surface area contributed by atoms with Crippen LogP contribution in [0.1, 0.15) is 0 Å². The van der Waals surface area contributed by atoms with E-state index in [2.05, 4.69) is 0 Å². The number of hydrogen-bond donors (Lipinski definition) is 1. The Morgan fingerprint density at radius 1 is 0.714 bits per heavy atom. The summed E-state index contributed by atoms with van der Waals surface area (Å²) in [5.74, 6) is -5.82. The van der Waals surface area contributed by atoms with E-state index >= 15 is 0 Å². The third-order valence-electron chi connectivity index (χ3n) is 2.15. The van der Waals surface area contributed by atoms with Gasteiger partial charge in [-0.2, -0.15) is 0 Å². The first kappa shape index (κ1) is 21.6. The van der Waals surface area contributed by atoms with Crippen molar-refractivity contribution >= 4 is 23.9 Å². The van der Waals surface area contributed by atoms with Crippen LogP contribution in [0.15, 0.2) is 0 Å². The third-order valence-corrected chi connectivity index (χ3v) is 2.15. The summed E-state index contributed by atoms with van der Waals surface area (Å²) in [6.07, 6.45) is 0. The van der Waals surface area contributed by atoms with Crippen LogP contribution in [0.3, 0.4) is 0 Å². The van der Waals surface area contributed by atoms with E-state index in [1.807, 2.05) is 0 Å². The quantitative estimate of drug-likeness (QED) is 0.382. The van der Waals surface area contributed by atoms with Crippen molar-refractivity contribution in [3.05, 3.63) is 0 Å². The van der Waals surface area contributed by atoms with Gasteiger partial charge in [-0.3, -0.25) is 14.6 Å². The van der Waals surface area contributed by atoms with Crippen molar-refractivity contribution in [2.75, 3.05) is 39.3 Å². The molecule has 0 aliphatic heterocycles. The number of aliphatic carboxylic acids is 4. The average Bonchev–Trinajstić information content (AvgIpc) is 2.22. The van der Waals surface area contributed by atoms with Crippen LogP contribution in [0.2, 0.25) is 0 Å². The number of carboxylic acids is 4. The fraction of sp³-hybridized carbons (Fsp3) is 0.600. The molecule has 0 aromatic carbocycles. The Labute approximate surface area is 130 Å². The van der Waals surface area contributed by atoms with Crippen LogP contribution in [0, 0.1) is 0 Å². The first-order chi connectivity index (χ1) is 9.20. The molecule has 10 nitrogen and oxygen atoms in total. The van der Waals surface area contributed by atoms with Gasteiger partial charge in [-0.25, -0.2) is 0 Å². The van der Waals surface area contributed by atoms with Gasteiger partial charge in [0.2, 0.25) is 0 Å². The zero-order valence-corrected chi connectivity index (χ0v) is 12.1. The van der Waals surface area contributed by atoms with E-state index in [1.54, 1.807) is 0 Å². The summed E-state index contributed by atoms with van der Waals surface area (Å²) < 4.78 is 0. The summed E-state index contributed by atoms with van der Waals surface area (Å²) in [6, 6.07) is 0. The zero-order valence-electron chi connectivity index (χ0n) is 10.9. The first-order valence-corrected chi connectivity index (χ1v) is 5.46. The fourth-order valence-corrected chi connectivity index (χ4v) is 1.45. The molecule has 0 aromatic heterocycles. The van der Waals surface area contributed by atoms with Crippen LogP contribution in [0.5, 0.6) is 0 Å². The topological polar surface area (TPSA) is 164 Å². The molecule has 0 aliphatic rings. The minimum Gasteiger partial charge on any atom is -0.549 e. The van der Waals surface area contributed by atoms with Gasteiger partial charge in [-0.15, -0.1) is 0 Å². The largest absolute Gasteiger partial charge is 3.00 e. The maximum Gasteiger partial charge on any atom is 3.00 e. The molecular formula is C10H13CrN2O8. The molecule has 0 rings (SSSR count). The molecule has 0 saturated heterocycles. The maximum atomic E-state index is 10.5. The van der Waals surface area contributed by atoms with Crippen molar-refractivity contribution in [2.24, 2.45) is 0 Å². The van der Waals surface area contributed by atoms with Crippen LogP contribution in [0.25, 0.3) is 0 Å². The van der Waals surface area contributed by atoms with Gasteiger partial charge in [0, 0.05) is 32.7 Å². The fourth-order valence-electron chi connectivity index (χ4n) is 1.45. The molecule has 0 aromatic rings. The maximum absolute atomic E-state index is 10.5. The van der Waals surface area contributed by atoms with E-state index in [0.29, 0.717) is 0 Å². The molecule has 21 heavy (non-hydrogen) atoms. The summed E-state index contributed by atoms with van der Waals surface area (Å²) in [5.41, 5.74) is 0. The molecule has 0 unspecified atom stereocenters. The molecule has 0 fully saturated rings. The second-order valence-corrected chi connectivity index (χ2v) is 3.93. The standard InChI is InChI=1S/C10H16N2O8.Cr/c13-7(14)3-11(4-8(15)16)1-2-12(5-9(17)18)6-10(19)20;/h1-6H2,(H,13,14)(H,15,16)(H,17,18)(H,19,20);/q;+3/p-3/i;1-1. The van der Waals surface area contributed by atoms with Gasteiger partial charge in [0.1, 0.15) is 0 Å². The minimum atomic E-state index is -1.52. The molecule has 117 valence electrons. The number of hydrogen-bond acceptors (Lipinski definition) is 9. The van der Waals surface area contributed by atoms with Gasteiger partial charge >= 0.3 is 23.3 Å². The van der Waals surface area contributed by atoms with E-state index in [4.69, 9.17) is 5.11 Å². The predicted octanol–water partition coefficient (Wildman–Crippen LogP) is -6.08. The van der Waals surface area contributed by atoms with Gasteiger partial charge < -0.3 is 34.8 Å². The first-order valence-electron chi connectivity index (χ1n) is 5.46. The zero-order chi connectivity index (χ0) is 15.7. The monoisotopic (exact) mass is 340 g/mol. The summed E-state index contributed by atoms with van der Waals surface area (Å²) in [6.45, 7) is -3.00. The molecule has 0 heterocycles. The number of rotatable bonds is 11. The second-order valence-electron chi connectivity index (χ2n) is 3.93. The van der Waals surface area contributed by atoms with Gasteiger partial charge in [0.15, 0.2) is 0 Å². The van der Waals surface area contributed by atoms with Crippen molar-refractivity contribution in [1.29, 1.82) is 0 Å². The summed E-state index contributed by atoms with van der Waals surface area (Å²) >= 11 is 0. The van der Waals surface area contributed by atoms with Crippen LogP contribution in [-0.2, 0) is 36.5 Å². The van der Waals surface area contributed by atoms with Crippen molar-refractivity contribution in [2.45, 2.75) is 0 Å². The molecule has 0 aliphatic carbocycles. The summed E-state index contributed by atoms with van der Waals surface area (Å²) in [5, 5.41) is 39.8. The van der Waals surface area contributed by atoms with Crippen molar-refractivity contribution < 1.29 is 57.0 Å². The SMILES string of the molecule is O=C([O-])CN(CCN(CC(=O)[O-])CC(=O)O)CC(=O)[O-].[51Cr+3]. The molecule has 11 heteroatoms. The van der Waals surface area contributed by atoms with Crippen molar-refractivity contribution in [3.63, 3.8) is 0 Å². The number of carbonyl (C=O) groups is 4.